The fourth-order valence-corrected chi connectivity index (χ4v) is 1.98. The standard InChI is InChI=1S/C11H16N2O3.ClH/c1-2-3-8-6-10(8)12-7-9-4-5-11(16-9)13(14)15;/h4-5,8,10,12H,2-3,6-7H2,1H3;1H. The van der Waals surface area contributed by atoms with Gasteiger partial charge in [0.1, 0.15) is 10.7 Å². The van der Waals surface area contributed by atoms with Crippen LogP contribution in [-0.2, 0) is 6.54 Å². The van der Waals surface area contributed by atoms with Crippen molar-refractivity contribution in [3.8, 4) is 0 Å². The molecule has 0 bridgehead atoms. The summed E-state index contributed by atoms with van der Waals surface area (Å²) >= 11 is 0. The van der Waals surface area contributed by atoms with Gasteiger partial charge in [-0.05, 0) is 24.8 Å². The highest BCUT2D eigenvalue weighted by Crippen LogP contribution is 2.34. The zero-order chi connectivity index (χ0) is 11.5. The Bertz CT molecular complexity index is 381. The van der Waals surface area contributed by atoms with Gasteiger partial charge in [-0.2, -0.15) is 0 Å². The third-order valence-corrected chi connectivity index (χ3v) is 2.95. The Hall–Kier alpha value is -1.07. The number of nitrogens with zero attached hydrogens (tertiary/aromatic N) is 1. The van der Waals surface area contributed by atoms with Gasteiger partial charge in [0.05, 0.1) is 12.6 Å². The largest absolute Gasteiger partial charge is 0.433 e. The summed E-state index contributed by atoms with van der Waals surface area (Å²) in [6.07, 6.45) is 3.70. The number of halogens is 1. The number of nitrogens with one attached hydrogen (secondary N) is 1. The van der Waals surface area contributed by atoms with Gasteiger partial charge < -0.3 is 9.73 Å². The van der Waals surface area contributed by atoms with Crippen molar-refractivity contribution >= 4 is 18.3 Å². The predicted octanol–water partition coefficient (Wildman–Crippen LogP) is 2.89. The van der Waals surface area contributed by atoms with Gasteiger partial charge in [-0.25, -0.2) is 0 Å². The minimum absolute atomic E-state index is 0. The van der Waals surface area contributed by atoms with Gasteiger partial charge in [-0.3, -0.25) is 10.1 Å². The first-order valence-electron chi connectivity index (χ1n) is 5.67. The summed E-state index contributed by atoms with van der Waals surface area (Å²) in [6, 6.07) is 3.62. The summed E-state index contributed by atoms with van der Waals surface area (Å²) < 4.78 is 5.06. The summed E-state index contributed by atoms with van der Waals surface area (Å²) in [7, 11) is 0. The number of hydrogen-bond donors (Lipinski definition) is 1. The Kier molecular flexibility index (Phi) is 4.96. The zero-order valence-electron chi connectivity index (χ0n) is 9.72. The molecule has 0 saturated heterocycles. The first kappa shape index (κ1) is 14.0. The Morgan fingerprint density at radius 2 is 2.35 bits per heavy atom. The molecule has 0 spiro atoms. The lowest BCUT2D eigenvalue weighted by molar-refractivity contribution is -0.402. The van der Waals surface area contributed by atoms with Gasteiger partial charge in [-0.15, -0.1) is 12.4 Å². The highest BCUT2D eigenvalue weighted by molar-refractivity contribution is 5.85. The molecule has 5 nitrogen and oxygen atoms in total. The van der Waals surface area contributed by atoms with Crippen molar-refractivity contribution in [2.75, 3.05) is 0 Å². The van der Waals surface area contributed by atoms with Gasteiger partial charge in [0.25, 0.3) is 0 Å². The first-order valence-corrected chi connectivity index (χ1v) is 5.67. The van der Waals surface area contributed by atoms with Gasteiger partial charge >= 0.3 is 5.88 Å². The lowest BCUT2D eigenvalue weighted by atomic mass is 10.2. The SMILES string of the molecule is CCCC1CC1NCc1ccc([N+](=O)[O-])o1.Cl. The maximum Gasteiger partial charge on any atom is 0.433 e. The number of furan rings is 1. The lowest BCUT2D eigenvalue weighted by Gasteiger charge is -2.00. The van der Waals surface area contributed by atoms with Crippen molar-refractivity contribution in [3.63, 3.8) is 0 Å². The summed E-state index contributed by atoms with van der Waals surface area (Å²) in [5.41, 5.74) is 0. The van der Waals surface area contributed by atoms with E-state index in [1.54, 1.807) is 6.07 Å². The topological polar surface area (TPSA) is 68.3 Å². The van der Waals surface area contributed by atoms with Crippen molar-refractivity contribution in [1.29, 1.82) is 0 Å². The third kappa shape index (κ3) is 3.71. The van der Waals surface area contributed by atoms with Crippen molar-refractivity contribution in [1.82, 2.24) is 5.32 Å². The zero-order valence-corrected chi connectivity index (χ0v) is 10.5. The molecule has 1 aliphatic rings. The van der Waals surface area contributed by atoms with E-state index in [0.29, 0.717) is 18.3 Å². The van der Waals surface area contributed by atoms with E-state index in [1.165, 1.54) is 25.3 Å². The van der Waals surface area contributed by atoms with Crippen molar-refractivity contribution in [2.24, 2.45) is 5.92 Å². The predicted molar refractivity (Wildman–Crippen MR) is 66.3 cm³/mol. The molecule has 0 amide bonds. The summed E-state index contributed by atoms with van der Waals surface area (Å²) in [6.45, 7) is 2.77. The summed E-state index contributed by atoms with van der Waals surface area (Å²) in [5.74, 6) is 1.24. The Balaban J connectivity index is 0.00000144. The highest BCUT2D eigenvalue weighted by Gasteiger charge is 2.35. The van der Waals surface area contributed by atoms with Crippen molar-refractivity contribution < 1.29 is 9.34 Å². The molecule has 1 heterocycles. The number of hydrogen-bond acceptors (Lipinski definition) is 4. The second-order valence-corrected chi connectivity index (χ2v) is 4.27. The van der Waals surface area contributed by atoms with Crippen LogP contribution in [0.3, 0.4) is 0 Å². The van der Waals surface area contributed by atoms with Crippen LogP contribution < -0.4 is 5.32 Å². The fraction of sp³-hybridized carbons (Fsp3) is 0.636. The molecule has 0 aliphatic heterocycles. The molecule has 0 aromatic carbocycles. The summed E-state index contributed by atoms with van der Waals surface area (Å²) in [4.78, 5) is 9.88. The van der Waals surface area contributed by atoms with Crippen LogP contribution >= 0.6 is 12.4 Å². The molecule has 1 saturated carbocycles. The average molecular weight is 261 g/mol. The van der Waals surface area contributed by atoms with E-state index < -0.39 is 4.92 Å². The average Bonchev–Trinajstić information content (AvgIpc) is 2.80. The van der Waals surface area contributed by atoms with Crippen LogP contribution in [0.1, 0.15) is 31.9 Å². The van der Waals surface area contributed by atoms with E-state index >= 15 is 0 Å². The van der Waals surface area contributed by atoms with E-state index in [-0.39, 0.29) is 18.3 Å². The van der Waals surface area contributed by atoms with Gasteiger partial charge in [-0.1, -0.05) is 13.3 Å². The molecule has 1 N–H and O–H groups in total. The third-order valence-electron chi connectivity index (χ3n) is 2.95. The van der Waals surface area contributed by atoms with Crippen LogP contribution in [0.2, 0.25) is 0 Å². The van der Waals surface area contributed by atoms with Crippen molar-refractivity contribution in [3.05, 3.63) is 28.0 Å². The maximum atomic E-state index is 10.4. The molecular formula is C11H17ClN2O3. The van der Waals surface area contributed by atoms with Crippen molar-refractivity contribution in [2.45, 2.75) is 38.8 Å². The number of nitro groups is 1. The molecule has 0 radical (unpaired) electrons. The van der Waals surface area contributed by atoms with Gasteiger partial charge in [0, 0.05) is 6.04 Å². The van der Waals surface area contributed by atoms with Crippen LogP contribution in [-0.4, -0.2) is 11.0 Å². The van der Waals surface area contributed by atoms with E-state index in [0.717, 1.165) is 5.92 Å². The molecule has 1 aromatic rings. The molecular weight excluding hydrogens is 244 g/mol. The molecule has 1 aliphatic carbocycles. The van der Waals surface area contributed by atoms with Crippen LogP contribution in [0.4, 0.5) is 5.88 Å². The minimum atomic E-state index is -0.513. The Labute approximate surface area is 106 Å². The normalized spacial score (nSPS) is 21.9. The van der Waals surface area contributed by atoms with Crippen LogP contribution in [0.15, 0.2) is 16.5 Å². The first-order chi connectivity index (χ1) is 7.70. The smallest absolute Gasteiger partial charge is 0.404 e. The Morgan fingerprint density at radius 1 is 1.59 bits per heavy atom. The highest BCUT2D eigenvalue weighted by atomic mass is 35.5. The molecule has 2 unspecified atom stereocenters. The van der Waals surface area contributed by atoms with Gasteiger partial charge in [0.15, 0.2) is 0 Å². The quantitative estimate of drug-likeness (QED) is 0.631. The van der Waals surface area contributed by atoms with E-state index in [4.69, 9.17) is 4.42 Å². The monoisotopic (exact) mass is 260 g/mol. The number of rotatable bonds is 6. The van der Waals surface area contributed by atoms with E-state index in [2.05, 4.69) is 12.2 Å². The molecule has 2 atom stereocenters. The van der Waals surface area contributed by atoms with E-state index in [1.807, 2.05) is 0 Å². The lowest BCUT2D eigenvalue weighted by Crippen LogP contribution is -2.17. The fourth-order valence-electron chi connectivity index (χ4n) is 1.98. The molecule has 17 heavy (non-hydrogen) atoms. The second-order valence-electron chi connectivity index (χ2n) is 4.27. The van der Waals surface area contributed by atoms with Gasteiger partial charge in [0.2, 0.25) is 0 Å². The molecule has 6 heteroatoms. The molecule has 1 aromatic heterocycles. The summed E-state index contributed by atoms with van der Waals surface area (Å²) in [5, 5.41) is 13.7. The minimum Gasteiger partial charge on any atom is -0.404 e. The van der Waals surface area contributed by atoms with Crippen LogP contribution in [0.5, 0.6) is 0 Å². The van der Waals surface area contributed by atoms with Crippen LogP contribution in [0, 0.1) is 16.0 Å². The maximum absolute atomic E-state index is 10.4. The molecule has 96 valence electrons. The molecule has 1 fully saturated rings. The molecule has 2 rings (SSSR count). The Morgan fingerprint density at radius 3 is 2.94 bits per heavy atom. The second kappa shape index (κ2) is 6.02. The van der Waals surface area contributed by atoms with E-state index in [9.17, 15) is 10.1 Å². The van der Waals surface area contributed by atoms with Crippen LogP contribution in [0.25, 0.3) is 0 Å².